The maximum atomic E-state index is 11.5. The van der Waals surface area contributed by atoms with Crippen LogP contribution < -0.4 is 5.11 Å². The van der Waals surface area contributed by atoms with Crippen LogP contribution in [0.1, 0.15) is 78.1 Å². The Morgan fingerprint density at radius 3 is 2.26 bits per heavy atom. The Morgan fingerprint density at radius 1 is 1.17 bits per heavy atom. The van der Waals surface area contributed by atoms with E-state index >= 15 is 0 Å². The molecule has 5 heteroatoms. The van der Waals surface area contributed by atoms with Crippen LogP contribution in [0.2, 0.25) is 0 Å². The molecule has 0 aromatic heterocycles. The molecule has 1 aliphatic rings. The SMILES string of the molecule is CCCCCCCCCCCC1C[N+](CCO)(C(=O)[O-])C(C)=N1. The largest absolute Gasteiger partial charge is 0.498 e. The number of aliphatic hydroxyl groups excluding tert-OH is 1. The third-order valence-electron chi connectivity index (χ3n) is 4.98. The van der Waals surface area contributed by atoms with Gasteiger partial charge in [0, 0.05) is 6.92 Å². The third-order valence-corrected chi connectivity index (χ3v) is 4.98. The summed E-state index contributed by atoms with van der Waals surface area (Å²) in [5.41, 5.74) is 0. The molecule has 0 saturated carbocycles. The molecule has 0 saturated heterocycles. The van der Waals surface area contributed by atoms with Gasteiger partial charge in [-0.15, -0.1) is 0 Å². The highest BCUT2D eigenvalue weighted by Gasteiger charge is 2.42. The van der Waals surface area contributed by atoms with Crippen molar-refractivity contribution in [2.45, 2.75) is 84.1 Å². The highest BCUT2D eigenvalue weighted by atomic mass is 16.4. The molecule has 0 radical (unpaired) electrons. The van der Waals surface area contributed by atoms with Gasteiger partial charge in [-0.3, -0.25) is 0 Å². The molecule has 0 spiro atoms. The predicted octanol–water partition coefficient (Wildman–Crippen LogP) is 2.86. The maximum Gasteiger partial charge on any atom is 0.263 e. The topological polar surface area (TPSA) is 72.7 Å². The van der Waals surface area contributed by atoms with E-state index in [2.05, 4.69) is 11.9 Å². The third kappa shape index (κ3) is 6.22. The van der Waals surface area contributed by atoms with Gasteiger partial charge in [-0.2, -0.15) is 0 Å². The van der Waals surface area contributed by atoms with Gasteiger partial charge in [-0.05, 0) is 6.42 Å². The van der Waals surface area contributed by atoms with Crippen molar-refractivity contribution >= 4 is 11.9 Å². The minimum absolute atomic E-state index is 0.0593. The van der Waals surface area contributed by atoms with E-state index in [0.29, 0.717) is 12.4 Å². The lowest BCUT2D eigenvalue weighted by Gasteiger charge is -2.32. The number of amidine groups is 1. The van der Waals surface area contributed by atoms with Gasteiger partial charge in [-0.1, -0.05) is 64.7 Å². The molecule has 1 rings (SSSR count). The fourth-order valence-electron chi connectivity index (χ4n) is 3.48. The molecule has 0 fully saturated rings. The number of quaternary nitrogens is 1. The summed E-state index contributed by atoms with van der Waals surface area (Å²) in [7, 11) is 0. The number of aliphatic imine (C=N–C) groups is 1. The normalized spacial score (nSPS) is 24.0. The van der Waals surface area contributed by atoms with E-state index in [9.17, 15) is 9.90 Å². The molecular weight excluding hydrogens is 292 g/mol. The van der Waals surface area contributed by atoms with E-state index in [-0.39, 0.29) is 23.7 Å². The molecule has 23 heavy (non-hydrogen) atoms. The zero-order valence-electron chi connectivity index (χ0n) is 14.9. The Labute approximate surface area is 141 Å². The first-order valence-corrected chi connectivity index (χ1v) is 9.31. The molecule has 2 atom stereocenters. The number of hydrogen-bond donors (Lipinski definition) is 1. The van der Waals surface area contributed by atoms with Crippen molar-refractivity contribution in [2.24, 2.45) is 4.99 Å². The zero-order valence-corrected chi connectivity index (χ0v) is 14.9. The number of hydrogen-bond acceptors (Lipinski definition) is 4. The van der Waals surface area contributed by atoms with E-state index in [4.69, 9.17) is 5.11 Å². The Morgan fingerprint density at radius 2 is 1.74 bits per heavy atom. The number of aliphatic hydroxyl groups is 1. The molecule has 1 amide bonds. The lowest BCUT2D eigenvalue weighted by molar-refractivity contribution is -0.787. The highest BCUT2D eigenvalue weighted by Crippen LogP contribution is 2.23. The van der Waals surface area contributed by atoms with Crippen LogP contribution >= 0.6 is 0 Å². The van der Waals surface area contributed by atoms with Gasteiger partial charge in [0.2, 0.25) is 5.84 Å². The van der Waals surface area contributed by atoms with Crippen LogP contribution in [0.3, 0.4) is 0 Å². The second-order valence-corrected chi connectivity index (χ2v) is 6.81. The number of carbonyl (C=O) groups is 1. The first-order valence-electron chi connectivity index (χ1n) is 9.31. The second-order valence-electron chi connectivity index (χ2n) is 6.81. The maximum absolute atomic E-state index is 11.5. The van der Waals surface area contributed by atoms with E-state index < -0.39 is 6.09 Å². The van der Waals surface area contributed by atoms with Gasteiger partial charge in [0.05, 0.1) is 6.61 Å². The fraction of sp³-hybridized carbons (Fsp3) is 0.889. The first-order chi connectivity index (χ1) is 11.1. The molecule has 1 aliphatic heterocycles. The minimum atomic E-state index is -1.14. The van der Waals surface area contributed by atoms with E-state index in [0.717, 1.165) is 12.8 Å². The number of nitrogens with zero attached hydrogens (tertiary/aromatic N) is 2. The van der Waals surface area contributed by atoms with Crippen LogP contribution in [0, 0.1) is 0 Å². The van der Waals surface area contributed by atoms with Crippen molar-refractivity contribution in [2.75, 3.05) is 19.7 Å². The average Bonchev–Trinajstić information content (AvgIpc) is 2.83. The zero-order chi connectivity index (χ0) is 17.1. The fourth-order valence-corrected chi connectivity index (χ4v) is 3.48. The van der Waals surface area contributed by atoms with Crippen LogP contribution in [0.15, 0.2) is 4.99 Å². The number of carboxylic acid groups (broad SMARTS) is 1. The molecule has 0 aromatic carbocycles. The van der Waals surface area contributed by atoms with Crippen molar-refractivity contribution < 1.29 is 19.5 Å². The van der Waals surface area contributed by atoms with Crippen LogP contribution in [0.5, 0.6) is 0 Å². The van der Waals surface area contributed by atoms with Gasteiger partial charge in [0.15, 0.2) is 0 Å². The number of rotatable bonds is 12. The summed E-state index contributed by atoms with van der Waals surface area (Å²) in [4.78, 5) is 16.0. The smallest absolute Gasteiger partial charge is 0.263 e. The van der Waals surface area contributed by atoms with Gasteiger partial charge in [0.1, 0.15) is 19.1 Å². The van der Waals surface area contributed by atoms with Gasteiger partial charge in [0.25, 0.3) is 6.09 Å². The molecule has 0 aliphatic carbocycles. The van der Waals surface area contributed by atoms with E-state index in [1.807, 2.05) is 0 Å². The Kier molecular flexibility index (Phi) is 9.41. The van der Waals surface area contributed by atoms with Gasteiger partial charge >= 0.3 is 0 Å². The molecule has 5 nitrogen and oxygen atoms in total. The van der Waals surface area contributed by atoms with Gasteiger partial charge in [-0.25, -0.2) is 9.48 Å². The van der Waals surface area contributed by atoms with Crippen LogP contribution in [-0.4, -0.2) is 47.3 Å². The Bertz CT molecular complexity index is 384. The summed E-state index contributed by atoms with van der Waals surface area (Å²) in [6.07, 6.45) is 11.4. The number of carbonyl (C=O) groups excluding carboxylic acids is 1. The van der Waals surface area contributed by atoms with E-state index in [1.54, 1.807) is 6.92 Å². The average molecular weight is 326 g/mol. The van der Waals surface area contributed by atoms with Gasteiger partial charge < -0.3 is 15.0 Å². The van der Waals surface area contributed by atoms with Crippen molar-refractivity contribution in [3.63, 3.8) is 0 Å². The minimum Gasteiger partial charge on any atom is -0.498 e. The summed E-state index contributed by atoms with van der Waals surface area (Å²) in [5, 5.41) is 20.6. The second kappa shape index (κ2) is 10.8. The summed E-state index contributed by atoms with van der Waals surface area (Å²) in [5.74, 6) is 0.569. The van der Waals surface area contributed by atoms with Crippen LogP contribution in [0.25, 0.3) is 0 Å². The van der Waals surface area contributed by atoms with Crippen LogP contribution in [0.4, 0.5) is 4.79 Å². The lowest BCUT2D eigenvalue weighted by atomic mass is 10.0. The molecule has 1 heterocycles. The standard InChI is InChI=1S/C18H34N2O3/c1-3-4-5-6-7-8-9-10-11-12-17-15-20(13-14-21,18(22)23)16(2)19-17/h17,21H,3-15H2,1-2H3. The van der Waals surface area contributed by atoms with Crippen molar-refractivity contribution in [3.8, 4) is 0 Å². The van der Waals surface area contributed by atoms with E-state index in [1.165, 1.54) is 51.4 Å². The molecular formula is C18H34N2O3. The van der Waals surface area contributed by atoms with Crippen molar-refractivity contribution in [1.82, 2.24) is 0 Å². The van der Waals surface area contributed by atoms with Crippen molar-refractivity contribution in [1.29, 1.82) is 0 Å². The lowest BCUT2D eigenvalue weighted by Crippen LogP contribution is -2.61. The Hall–Kier alpha value is -0.940. The summed E-state index contributed by atoms with van der Waals surface area (Å²) in [6.45, 7) is 4.41. The molecule has 1 N–H and O–H groups in total. The summed E-state index contributed by atoms with van der Waals surface area (Å²) < 4.78 is -0.293. The predicted molar refractivity (Wildman–Crippen MR) is 91.2 cm³/mol. The molecule has 2 unspecified atom stereocenters. The Balaban J connectivity index is 2.19. The molecule has 0 bridgehead atoms. The quantitative estimate of drug-likeness (QED) is 0.443. The van der Waals surface area contributed by atoms with Crippen LogP contribution in [-0.2, 0) is 0 Å². The first kappa shape index (κ1) is 20.1. The highest BCUT2D eigenvalue weighted by molar-refractivity contribution is 5.83. The molecule has 0 aromatic rings. The summed E-state index contributed by atoms with van der Waals surface area (Å²) >= 11 is 0. The monoisotopic (exact) mass is 326 g/mol. The summed E-state index contributed by atoms with van der Waals surface area (Å²) in [6, 6.07) is 0.0593. The van der Waals surface area contributed by atoms with Crippen molar-refractivity contribution in [3.05, 3.63) is 0 Å². The number of amides is 1. The molecule has 134 valence electrons. The number of unbranched alkanes of at least 4 members (excludes halogenated alkanes) is 8.